The molecule has 1 aliphatic heterocycles. The second-order valence-corrected chi connectivity index (χ2v) is 8.96. The molecule has 0 saturated carbocycles. The van der Waals surface area contributed by atoms with Gasteiger partial charge in [0.2, 0.25) is 5.91 Å². The van der Waals surface area contributed by atoms with Crippen LogP contribution in [0.5, 0.6) is 5.75 Å². The maximum absolute atomic E-state index is 13.5. The lowest BCUT2D eigenvalue weighted by Gasteiger charge is -2.27. The number of anilines is 2. The zero-order valence-corrected chi connectivity index (χ0v) is 21.5. The first-order valence-electron chi connectivity index (χ1n) is 11.8. The van der Waals surface area contributed by atoms with Crippen molar-refractivity contribution in [3.8, 4) is 17.1 Å². The predicted octanol–water partition coefficient (Wildman–Crippen LogP) is 5.25. The summed E-state index contributed by atoms with van der Waals surface area (Å²) in [7, 11) is 2.98. The van der Waals surface area contributed by atoms with Crippen molar-refractivity contribution in [2.24, 2.45) is 0 Å². The molecule has 1 aliphatic rings. The first-order chi connectivity index (χ1) is 18.5. The van der Waals surface area contributed by atoms with Crippen LogP contribution in [-0.4, -0.2) is 36.8 Å². The number of carbonyl (C=O) groups excluding carboxylic acids is 1. The summed E-state index contributed by atoms with van der Waals surface area (Å²) in [4.78, 5) is 18.7. The Balaban J connectivity index is 1.57. The smallest absolute Gasteiger partial charge is 0.250 e. The highest BCUT2D eigenvalue weighted by molar-refractivity contribution is 7.80. The fourth-order valence-electron chi connectivity index (χ4n) is 4.46. The number of nitrogens with zero attached hydrogens (tertiary/aromatic N) is 2. The molecule has 2 N–H and O–H groups in total. The first kappa shape index (κ1) is 25.4. The molecule has 0 unspecified atom stereocenters. The Kier molecular flexibility index (Phi) is 7.34. The van der Waals surface area contributed by atoms with E-state index < -0.39 is 6.04 Å². The Labute approximate surface area is 224 Å². The van der Waals surface area contributed by atoms with Crippen LogP contribution in [0.25, 0.3) is 11.3 Å². The molecule has 4 aromatic rings. The van der Waals surface area contributed by atoms with Gasteiger partial charge in [-0.1, -0.05) is 6.07 Å². The van der Waals surface area contributed by atoms with Gasteiger partial charge in [0, 0.05) is 24.6 Å². The summed E-state index contributed by atoms with van der Waals surface area (Å²) in [6, 6.07) is 20.2. The van der Waals surface area contributed by atoms with Crippen molar-refractivity contribution in [1.29, 1.82) is 0 Å². The molecule has 194 valence electrons. The number of benzene rings is 2. The molecular weight excluding hydrogens is 507 g/mol. The zero-order valence-electron chi connectivity index (χ0n) is 20.7. The lowest BCUT2D eigenvalue weighted by Crippen LogP contribution is -2.29. The Morgan fingerprint density at radius 2 is 1.95 bits per heavy atom. The number of ether oxygens (including phenoxy) is 2. The van der Waals surface area contributed by atoms with Crippen LogP contribution < -0.4 is 20.3 Å². The molecule has 3 heterocycles. The number of rotatable bonds is 8. The molecule has 5 rings (SSSR count). The van der Waals surface area contributed by atoms with E-state index in [1.807, 2.05) is 41.3 Å². The highest BCUT2D eigenvalue weighted by Gasteiger charge is 2.42. The minimum Gasteiger partial charge on any atom is -0.495 e. The number of nitrogens with one attached hydrogen (secondary N) is 2. The third-order valence-electron chi connectivity index (χ3n) is 6.16. The Morgan fingerprint density at radius 3 is 2.66 bits per heavy atom. The maximum atomic E-state index is 13.5. The summed E-state index contributed by atoms with van der Waals surface area (Å²) in [5.41, 5.74) is 2.71. The number of hydrogen-bond acceptors (Lipinski definition) is 6. The van der Waals surface area contributed by atoms with Crippen molar-refractivity contribution < 1.29 is 23.1 Å². The Bertz CT molecular complexity index is 1450. The number of aromatic nitrogens is 1. The minimum atomic E-state index is -0.414. The number of halogens is 1. The number of methoxy groups -OCH3 is 2. The number of hydrogen-bond donors (Lipinski definition) is 2. The van der Waals surface area contributed by atoms with Crippen LogP contribution in [0, 0.1) is 5.82 Å². The number of thiocarbonyl (C=S) groups is 1. The number of furan rings is 1. The van der Waals surface area contributed by atoms with E-state index in [1.165, 1.54) is 26.4 Å². The van der Waals surface area contributed by atoms with Crippen molar-refractivity contribution >= 4 is 34.6 Å². The Hall–Kier alpha value is -4.28. The third-order valence-corrected chi connectivity index (χ3v) is 6.47. The molecule has 0 spiro atoms. The molecule has 38 heavy (non-hydrogen) atoms. The molecule has 2 atom stereocenters. The van der Waals surface area contributed by atoms with Gasteiger partial charge in [0.05, 0.1) is 24.5 Å². The van der Waals surface area contributed by atoms with Crippen molar-refractivity contribution in [2.75, 3.05) is 31.0 Å². The lowest BCUT2D eigenvalue weighted by atomic mass is 10.0. The summed E-state index contributed by atoms with van der Waals surface area (Å²) in [6.07, 6.45) is 1.72. The van der Waals surface area contributed by atoms with E-state index in [1.54, 1.807) is 30.5 Å². The molecule has 10 heteroatoms. The van der Waals surface area contributed by atoms with Crippen LogP contribution in [0.3, 0.4) is 0 Å². The average molecular weight is 533 g/mol. The van der Waals surface area contributed by atoms with E-state index in [9.17, 15) is 9.18 Å². The highest BCUT2D eigenvalue weighted by Crippen LogP contribution is 2.44. The number of carbonyl (C=O) groups is 1. The Morgan fingerprint density at radius 1 is 1.13 bits per heavy atom. The van der Waals surface area contributed by atoms with Crippen LogP contribution in [-0.2, 0) is 9.53 Å². The fourth-order valence-corrected chi connectivity index (χ4v) is 4.81. The second kappa shape index (κ2) is 11.0. The zero-order chi connectivity index (χ0) is 26.6. The first-order valence-corrected chi connectivity index (χ1v) is 12.2. The van der Waals surface area contributed by atoms with Crippen molar-refractivity contribution in [3.05, 3.63) is 96.3 Å². The van der Waals surface area contributed by atoms with Gasteiger partial charge in [0.1, 0.15) is 35.7 Å². The molecule has 2 aromatic heterocycles. The number of pyridine rings is 1. The molecule has 1 amide bonds. The quantitative estimate of drug-likeness (QED) is 0.298. The van der Waals surface area contributed by atoms with E-state index in [4.69, 9.17) is 26.1 Å². The highest BCUT2D eigenvalue weighted by atomic mass is 32.1. The van der Waals surface area contributed by atoms with Gasteiger partial charge in [-0.05, 0) is 78.9 Å². The summed E-state index contributed by atoms with van der Waals surface area (Å²) in [5.74, 6) is 1.08. The van der Waals surface area contributed by atoms with Gasteiger partial charge in [0.25, 0.3) is 0 Å². The van der Waals surface area contributed by atoms with Gasteiger partial charge < -0.3 is 29.4 Å². The van der Waals surface area contributed by atoms with Crippen LogP contribution in [0.2, 0.25) is 0 Å². The van der Waals surface area contributed by atoms with E-state index in [0.29, 0.717) is 33.8 Å². The molecule has 0 radical (unpaired) electrons. The van der Waals surface area contributed by atoms with E-state index >= 15 is 0 Å². The van der Waals surface area contributed by atoms with Crippen LogP contribution in [0.1, 0.15) is 23.5 Å². The minimum absolute atomic E-state index is 0.0972. The average Bonchev–Trinajstić information content (AvgIpc) is 3.54. The van der Waals surface area contributed by atoms with E-state index in [0.717, 1.165) is 11.3 Å². The predicted molar refractivity (Wildman–Crippen MR) is 146 cm³/mol. The molecule has 1 saturated heterocycles. The molecule has 0 bridgehead atoms. The summed E-state index contributed by atoms with van der Waals surface area (Å²) in [5, 5.41) is 6.67. The van der Waals surface area contributed by atoms with Crippen LogP contribution in [0.15, 0.2) is 83.4 Å². The molecular formula is C28H25FN4O4S. The van der Waals surface area contributed by atoms with Gasteiger partial charge in [-0.2, -0.15) is 0 Å². The van der Waals surface area contributed by atoms with Gasteiger partial charge >= 0.3 is 0 Å². The van der Waals surface area contributed by atoms with Gasteiger partial charge in [0.15, 0.2) is 5.11 Å². The monoisotopic (exact) mass is 532 g/mol. The SMILES string of the molecule is COCC(=O)Nc1cc(N2C(=S)N[C@@H](c3ccccn3)[C@@H]2c2ccc(-c3ccc(F)cc3)o2)ccc1OC. The second-order valence-electron chi connectivity index (χ2n) is 8.57. The maximum Gasteiger partial charge on any atom is 0.250 e. The molecule has 0 aliphatic carbocycles. The third kappa shape index (κ3) is 5.09. The van der Waals surface area contributed by atoms with Crippen LogP contribution >= 0.6 is 12.2 Å². The standard InChI is InChI=1S/C28H25FN4O4S/c1-35-16-25(34)31-21-15-19(10-11-23(21)36-2)33-27(26(32-28(33)38)20-5-3-4-14-30-20)24-13-12-22(37-24)17-6-8-18(29)9-7-17/h3-15,26-27H,16H2,1-2H3,(H,31,34)(H,32,38)/t26-,27-/m0/s1. The largest absolute Gasteiger partial charge is 0.495 e. The van der Waals surface area contributed by atoms with Crippen molar-refractivity contribution in [1.82, 2.24) is 10.3 Å². The van der Waals surface area contributed by atoms with Gasteiger partial charge in [-0.15, -0.1) is 0 Å². The lowest BCUT2D eigenvalue weighted by molar-refractivity contribution is -0.119. The summed E-state index contributed by atoms with van der Waals surface area (Å²) in [6.45, 7) is -0.0972. The number of amides is 1. The normalized spacial score (nSPS) is 16.8. The summed E-state index contributed by atoms with van der Waals surface area (Å²) >= 11 is 5.79. The topological polar surface area (TPSA) is 88.9 Å². The van der Waals surface area contributed by atoms with Gasteiger partial charge in [-0.25, -0.2) is 4.39 Å². The fraction of sp³-hybridized carbons (Fsp3) is 0.179. The molecule has 1 fully saturated rings. The van der Waals surface area contributed by atoms with Gasteiger partial charge in [-0.3, -0.25) is 9.78 Å². The van der Waals surface area contributed by atoms with Crippen LogP contribution in [0.4, 0.5) is 15.8 Å². The van der Waals surface area contributed by atoms with E-state index in [-0.39, 0.29) is 24.4 Å². The summed E-state index contributed by atoms with van der Waals surface area (Å²) < 4.78 is 30.2. The van der Waals surface area contributed by atoms with Crippen molar-refractivity contribution in [2.45, 2.75) is 12.1 Å². The van der Waals surface area contributed by atoms with E-state index in [2.05, 4.69) is 15.6 Å². The van der Waals surface area contributed by atoms with Crippen molar-refractivity contribution in [3.63, 3.8) is 0 Å². The molecule has 8 nitrogen and oxygen atoms in total. The molecule has 2 aromatic carbocycles.